The first-order valence-electron chi connectivity index (χ1n) is 10.8. The van der Waals surface area contributed by atoms with Crippen LogP contribution in [0.15, 0.2) is 60.9 Å². The van der Waals surface area contributed by atoms with E-state index in [1.54, 1.807) is 36.7 Å². The van der Waals surface area contributed by atoms with Crippen molar-refractivity contribution in [3.05, 3.63) is 83.7 Å². The fourth-order valence-electron chi connectivity index (χ4n) is 3.61. The van der Waals surface area contributed by atoms with Gasteiger partial charge in [-0.15, -0.1) is 0 Å². The number of hydrogen-bond acceptors (Lipinski definition) is 5. The molecule has 166 valence electrons. The molecule has 0 radical (unpaired) electrons. The van der Waals surface area contributed by atoms with Gasteiger partial charge < -0.3 is 9.47 Å². The van der Waals surface area contributed by atoms with Crippen molar-refractivity contribution in [2.24, 2.45) is 5.41 Å². The molecule has 1 heterocycles. The highest BCUT2D eigenvalue weighted by atomic mass is 19.1. The van der Waals surface area contributed by atoms with E-state index in [0.717, 1.165) is 24.2 Å². The van der Waals surface area contributed by atoms with Gasteiger partial charge in [-0.3, -0.25) is 4.79 Å². The molecule has 32 heavy (non-hydrogen) atoms. The lowest BCUT2D eigenvalue weighted by molar-refractivity contribution is -0.149. The van der Waals surface area contributed by atoms with E-state index in [4.69, 9.17) is 9.47 Å². The molecule has 1 atom stereocenters. The van der Waals surface area contributed by atoms with Crippen LogP contribution in [0.25, 0.3) is 0 Å². The van der Waals surface area contributed by atoms with Gasteiger partial charge >= 0.3 is 5.97 Å². The minimum absolute atomic E-state index is 0.0118. The Kier molecular flexibility index (Phi) is 6.21. The van der Waals surface area contributed by atoms with Gasteiger partial charge in [0.15, 0.2) is 11.6 Å². The van der Waals surface area contributed by atoms with Gasteiger partial charge in [-0.05, 0) is 48.1 Å². The Balaban J connectivity index is 1.46. The van der Waals surface area contributed by atoms with Crippen LogP contribution in [0.4, 0.5) is 4.39 Å². The van der Waals surface area contributed by atoms with Crippen molar-refractivity contribution in [3.8, 4) is 11.5 Å². The summed E-state index contributed by atoms with van der Waals surface area (Å²) in [5.41, 5.74) is 0.990. The first-order chi connectivity index (χ1) is 15.3. The minimum atomic E-state index is -0.517. The van der Waals surface area contributed by atoms with Gasteiger partial charge in [0.1, 0.15) is 18.2 Å². The number of carbonyl (C=O) groups is 1. The van der Waals surface area contributed by atoms with E-state index in [2.05, 4.69) is 9.97 Å². The quantitative estimate of drug-likeness (QED) is 0.417. The maximum absolute atomic E-state index is 14.2. The molecule has 4 rings (SSSR count). The molecule has 1 aliphatic carbocycles. The van der Waals surface area contributed by atoms with Crippen molar-refractivity contribution in [1.29, 1.82) is 0 Å². The number of halogens is 1. The molecule has 0 N–H and O–H groups in total. The van der Waals surface area contributed by atoms with Crippen LogP contribution >= 0.6 is 0 Å². The summed E-state index contributed by atoms with van der Waals surface area (Å²) >= 11 is 0. The number of hydrogen-bond donors (Lipinski definition) is 0. The minimum Gasteiger partial charge on any atom is -0.460 e. The fraction of sp³-hybridized carbons (Fsp3) is 0.346. The van der Waals surface area contributed by atoms with E-state index < -0.39 is 11.7 Å². The van der Waals surface area contributed by atoms with Crippen molar-refractivity contribution in [1.82, 2.24) is 9.97 Å². The number of carbonyl (C=O) groups excluding carboxylic acids is 1. The zero-order valence-electron chi connectivity index (χ0n) is 18.5. The average molecular weight is 435 g/mol. The summed E-state index contributed by atoms with van der Waals surface area (Å²) in [6.45, 7) is 5.96. The highest BCUT2D eigenvalue weighted by molar-refractivity contribution is 5.79. The number of esters is 1. The Morgan fingerprint density at radius 1 is 1.09 bits per heavy atom. The standard InChI is InChI=1S/C26H27FN2O3/c1-26(2,3)23(19-14-28-24(29-15-19)18-10-11-18)25(30)31-16-17-9-12-21(27)22(13-17)32-20-7-5-4-6-8-20/h4-9,12-15,18,23H,10-11,16H2,1-3H3. The van der Waals surface area contributed by atoms with Gasteiger partial charge in [-0.1, -0.05) is 45.0 Å². The Morgan fingerprint density at radius 3 is 2.41 bits per heavy atom. The van der Waals surface area contributed by atoms with E-state index in [1.165, 1.54) is 6.07 Å². The monoisotopic (exact) mass is 434 g/mol. The van der Waals surface area contributed by atoms with Crippen LogP contribution in [0.5, 0.6) is 11.5 Å². The van der Waals surface area contributed by atoms with Gasteiger partial charge in [0.2, 0.25) is 0 Å². The number of rotatable bonds is 7. The smallest absolute Gasteiger partial charge is 0.314 e. The molecular formula is C26H27FN2O3. The van der Waals surface area contributed by atoms with Crippen molar-refractivity contribution >= 4 is 5.97 Å². The van der Waals surface area contributed by atoms with Gasteiger partial charge in [0, 0.05) is 23.9 Å². The summed E-state index contributed by atoms with van der Waals surface area (Å²) in [5.74, 6) is 0.543. The summed E-state index contributed by atoms with van der Waals surface area (Å²) in [7, 11) is 0. The normalized spacial score (nSPS) is 14.6. The van der Waals surface area contributed by atoms with Gasteiger partial charge in [0.05, 0.1) is 5.92 Å². The molecule has 1 saturated carbocycles. The Hall–Kier alpha value is -3.28. The summed E-state index contributed by atoms with van der Waals surface area (Å²) in [6.07, 6.45) is 5.72. The van der Waals surface area contributed by atoms with Crippen LogP contribution in [-0.4, -0.2) is 15.9 Å². The van der Waals surface area contributed by atoms with Gasteiger partial charge in [-0.2, -0.15) is 0 Å². The average Bonchev–Trinajstić information content (AvgIpc) is 3.60. The summed E-state index contributed by atoms with van der Waals surface area (Å²) in [4.78, 5) is 22.0. The van der Waals surface area contributed by atoms with Crippen molar-refractivity contribution in [2.45, 2.75) is 52.1 Å². The van der Waals surface area contributed by atoms with Crippen molar-refractivity contribution in [3.63, 3.8) is 0 Å². The summed E-state index contributed by atoms with van der Waals surface area (Å²) in [6, 6.07) is 13.4. The predicted octanol–water partition coefficient (Wildman–Crippen LogP) is 6.16. The van der Waals surface area contributed by atoms with Crippen LogP contribution in [0.1, 0.15) is 62.4 Å². The zero-order valence-corrected chi connectivity index (χ0v) is 18.5. The van der Waals surface area contributed by atoms with Crippen molar-refractivity contribution < 1.29 is 18.7 Å². The lowest BCUT2D eigenvalue weighted by atomic mass is 9.77. The van der Waals surface area contributed by atoms with Crippen LogP contribution < -0.4 is 4.74 Å². The predicted molar refractivity (Wildman–Crippen MR) is 119 cm³/mol. The number of ether oxygens (including phenoxy) is 2. The first-order valence-corrected chi connectivity index (χ1v) is 10.8. The largest absolute Gasteiger partial charge is 0.460 e. The number of nitrogens with zero attached hydrogens (tertiary/aromatic N) is 2. The van der Waals surface area contributed by atoms with Crippen LogP contribution in [-0.2, 0) is 16.1 Å². The molecule has 0 aliphatic heterocycles. The zero-order chi connectivity index (χ0) is 22.7. The first kappa shape index (κ1) is 21.9. The SMILES string of the molecule is CC(C)(C)C(C(=O)OCc1ccc(F)c(Oc2ccccc2)c1)c1cnc(C2CC2)nc1. The van der Waals surface area contributed by atoms with E-state index in [0.29, 0.717) is 17.2 Å². The second kappa shape index (κ2) is 9.07. The second-order valence-corrected chi connectivity index (χ2v) is 9.24. The maximum atomic E-state index is 14.2. The van der Waals surface area contributed by atoms with E-state index in [1.807, 2.05) is 39.0 Å². The summed E-state index contributed by atoms with van der Waals surface area (Å²) < 4.78 is 25.5. The third kappa shape index (κ3) is 5.31. The number of para-hydroxylation sites is 1. The molecule has 5 nitrogen and oxygen atoms in total. The van der Waals surface area contributed by atoms with Gasteiger partial charge in [-0.25, -0.2) is 14.4 Å². The van der Waals surface area contributed by atoms with E-state index >= 15 is 0 Å². The molecule has 3 aromatic rings. The molecule has 1 aliphatic rings. The molecule has 0 spiro atoms. The molecule has 0 bridgehead atoms. The summed E-state index contributed by atoms with van der Waals surface area (Å²) in [5, 5.41) is 0. The molecule has 1 unspecified atom stereocenters. The molecule has 0 amide bonds. The highest BCUT2D eigenvalue weighted by Crippen LogP contribution is 2.39. The van der Waals surface area contributed by atoms with Crippen LogP contribution in [0, 0.1) is 11.2 Å². The Labute approximate surface area is 187 Å². The molecule has 2 aromatic carbocycles. The number of aromatic nitrogens is 2. The fourth-order valence-corrected chi connectivity index (χ4v) is 3.61. The van der Waals surface area contributed by atoms with Gasteiger partial charge in [0.25, 0.3) is 0 Å². The molecular weight excluding hydrogens is 407 g/mol. The lowest BCUT2D eigenvalue weighted by Gasteiger charge is -2.28. The highest BCUT2D eigenvalue weighted by Gasteiger charge is 2.35. The van der Waals surface area contributed by atoms with Crippen molar-refractivity contribution in [2.75, 3.05) is 0 Å². The van der Waals surface area contributed by atoms with E-state index in [-0.39, 0.29) is 23.7 Å². The lowest BCUT2D eigenvalue weighted by Crippen LogP contribution is -2.28. The molecule has 6 heteroatoms. The molecule has 1 fully saturated rings. The van der Waals surface area contributed by atoms with Crippen LogP contribution in [0.2, 0.25) is 0 Å². The molecule has 1 aromatic heterocycles. The third-order valence-corrected chi connectivity index (χ3v) is 5.42. The topological polar surface area (TPSA) is 61.3 Å². The molecule has 0 saturated heterocycles. The third-order valence-electron chi connectivity index (χ3n) is 5.42. The van der Waals surface area contributed by atoms with E-state index in [9.17, 15) is 9.18 Å². The Bertz CT molecular complexity index is 1070. The second-order valence-electron chi connectivity index (χ2n) is 9.24. The van der Waals surface area contributed by atoms with Crippen LogP contribution in [0.3, 0.4) is 0 Å². The number of benzene rings is 2. The maximum Gasteiger partial charge on any atom is 0.314 e. The Morgan fingerprint density at radius 2 is 1.78 bits per heavy atom.